The van der Waals surface area contributed by atoms with Gasteiger partial charge in [0.25, 0.3) is 5.91 Å². The minimum atomic E-state index is -0.401. The summed E-state index contributed by atoms with van der Waals surface area (Å²) in [6.07, 6.45) is 0.923. The predicted octanol–water partition coefficient (Wildman–Crippen LogP) is 2.73. The molecule has 26 heavy (non-hydrogen) atoms. The lowest BCUT2D eigenvalue weighted by atomic mass is 10.1. The average Bonchev–Trinajstić information content (AvgIpc) is 2.62. The summed E-state index contributed by atoms with van der Waals surface area (Å²) in [5.74, 6) is -0.662. The third kappa shape index (κ3) is 6.38. The molecule has 0 heterocycles. The second kappa shape index (κ2) is 10.2. The van der Waals surface area contributed by atoms with Crippen LogP contribution < -0.4 is 11.1 Å². The summed E-state index contributed by atoms with van der Waals surface area (Å²) >= 11 is 7.51. The smallest absolute Gasteiger partial charge is 0.258 e. The van der Waals surface area contributed by atoms with Crippen LogP contribution in [0.15, 0.2) is 54.6 Å². The van der Waals surface area contributed by atoms with Crippen molar-refractivity contribution in [3.8, 4) is 0 Å². The van der Waals surface area contributed by atoms with Crippen LogP contribution in [0.2, 0.25) is 0 Å². The molecule has 7 heteroatoms. The van der Waals surface area contributed by atoms with Crippen molar-refractivity contribution in [3.63, 3.8) is 0 Å². The molecule has 2 aromatic carbocycles. The molecule has 0 saturated carbocycles. The van der Waals surface area contributed by atoms with Gasteiger partial charge in [-0.2, -0.15) is 0 Å². The molecule has 0 aromatic heterocycles. The third-order valence-electron chi connectivity index (χ3n) is 3.77. The summed E-state index contributed by atoms with van der Waals surface area (Å²) in [5.41, 5.74) is 6.98. The van der Waals surface area contributed by atoms with Crippen molar-refractivity contribution in [2.24, 2.45) is 5.73 Å². The van der Waals surface area contributed by atoms with Crippen molar-refractivity contribution < 1.29 is 9.59 Å². The highest BCUT2D eigenvalue weighted by atomic mass is 127. The zero-order valence-electron chi connectivity index (χ0n) is 14.2. The Bertz CT molecular complexity index is 783. The van der Waals surface area contributed by atoms with Gasteiger partial charge in [-0.15, -0.1) is 0 Å². The van der Waals surface area contributed by atoms with Crippen LogP contribution in [-0.4, -0.2) is 34.9 Å². The topological polar surface area (TPSA) is 75.4 Å². The number of benzene rings is 2. The fourth-order valence-electron chi connectivity index (χ4n) is 2.36. The molecule has 2 rings (SSSR count). The van der Waals surface area contributed by atoms with Crippen molar-refractivity contribution in [3.05, 3.63) is 69.3 Å². The zero-order valence-corrected chi connectivity index (χ0v) is 17.1. The molecular weight excluding hydrogens is 461 g/mol. The number of carbonyl (C=O) groups excluding carboxylic acids is 2. The Morgan fingerprint density at radius 1 is 1.04 bits per heavy atom. The van der Waals surface area contributed by atoms with E-state index in [-0.39, 0.29) is 12.3 Å². The van der Waals surface area contributed by atoms with Crippen LogP contribution >= 0.6 is 34.8 Å². The lowest BCUT2D eigenvalue weighted by Gasteiger charge is -2.25. The van der Waals surface area contributed by atoms with E-state index in [0.29, 0.717) is 23.8 Å². The Labute approximate surface area is 172 Å². The van der Waals surface area contributed by atoms with Gasteiger partial charge in [-0.05, 0) is 58.9 Å². The number of primary amides is 1. The molecule has 0 bridgehead atoms. The van der Waals surface area contributed by atoms with Crippen LogP contribution in [0.5, 0.6) is 0 Å². The largest absolute Gasteiger partial charge is 0.370 e. The highest BCUT2D eigenvalue weighted by Crippen LogP contribution is 2.11. The Kier molecular flexibility index (Phi) is 7.99. The van der Waals surface area contributed by atoms with E-state index >= 15 is 0 Å². The van der Waals surface area contributed by atoms with E-state index < -0.39 is 5.91 Å². The summed E-state index contributed by atoms with van der Waals surface area (Å²) in [4.78, 5) is 25.4. The van der Waals surface area contributed by atoms with E-state index in [0.717, 1.165) is 15.6 Å². The van der Waals surface area contributed by atoms with Gasteiger partial charge in [0, 0.05) is 23.1 Å². The summed E-state index contributed by atoms with van der Waals surface area (Å²) in [7, 11) is 0. The van der Waals surface area contributed by atoms with E-state index in [4.69, 9.17) is 18.0 Å². The molecule has 0 fully saturated rings. The number of nitrogens with one attached hydrogen (secondary N) is 1. The zero-order chi connectivity index (χ0) is 18.9. The maximum atomic E-state index is 12.5. The van der Waals surface area contributed by atoms with Crippen molar-refractivity contribution in [2.45, 2.75) is 12.8 Å². The predicted molar refractivity (Wildman–Crippen MR) is 115 cm³/mol. The maximum Gasteiger partial charge on any atom is 0.258 e. The maximum absolute atomic E-state index is 12.5. The Hall–Kier alpha value is -2.00. The van der Waals surface area contributed by atoms with E-state index in [2.05, 4.69) is 27.9 Å². The van der Waals surface area contributed by atoms with Crippen LogP contribution in [0.25, 0.3) is 0 Å². The fourth-order valence-corrected chi connectivity index (χ4v) is 3.27. The first-order valence-electron chi connectivity index (χ1n) is 8.14. The SMILES string of the molecule is NC(=O)CCN(CCc1ccccc1)C(=S)NC(=O)c1ccccc1I. The molecule has 5 nitrogen and oxygen atoms in total. The molecule has 0 aliphatic carbocycles. The molecular formula is C19H20IN3O2S. The monoisotopic (exact) mass is 481 g/mol. The number of amides is 2. The fraction of sp³-hybridized carbons (Fsp3) is 0.211. The number of nitrogens with zero attached hydrogens (tertiary/aromatic N) is 1. The van der Waals surface area contributed by atoms with E-state index in [1.54, 1.807) is 17.0 Å². The normalized spacial score (nSPS) is 10.2. The lowest BCUT2D eigenvalue weighted by molar-refractivity contribution is -0.118. The Morgan fingerprint density at radius 2 is 1.69 bits per heavy atom. The first kappa shape index (κ1) is 20.3. The number of carbonyl (C=O) groups is 2. The van der Waals surface area contributed by atoms with E-state index in [9.17, 15) is 9.59 Å². The molecule has 0 unspecified atom stereocenters. The molecule has 0 spiro atoms. The van der Waals surface area contributed by atoms with Crippen molar-refractivity contribution >= 4 is 51.7 Å². The quantitative estimate of drug-likeness (QED) is 0.471. The first-order chi connectivity index (χ1) is 12.5. The highest BCUT2D eigenvalue weighted by molar-refractivity contribution is 14.1. The second-order valence-corrected chi connectivity index (χ2v) is 7.23. The van der Waals surface area contributed by atoms with Crippen LogP contribution in [0.3, 0.4) is 0 Å². The third-order valence-corrected chi connectivity index (χ3v) is 5.07. The van der Waals surface area contributed by atoms with Crippen LogP contribution in [0.1, 0.15) is 22.3 Å². The van der Waals surface area contributed by atoms with Crippen LogP contribution in [0, 0.1) is 3.57 Å². The standard InChI is InChI=1S/C19H20IN3O2S/c20-16-9-5-4-8-15(16)18(25)22-19(26)23(13-11-17(21)24)12-10-14-6-2-1-3-7-14/h1-9H,10-13H2,(H2,21,24)(H,22,25,26). The first-order valence-corrected chi connectivity index (χ1v) is 9.63. The number of thiocarbonyl (C=S) groups is 1. The van der Waals surface area contributed by atoms with Gasteiger partial charge in [0.2, 0.25) is 5.91 Å². The van der Waals surface area contributed by atoms with Gasteiger partial charge in [0.05, 0.1) is 5.56 Å². The second-order valence-electron chi connectivity index (χ2n) is 5.68. The van der Waals surface area contributed by atoms with Gasteiger partial charge >= 0.3 is 0 Å². The molecule has 136 valence electrons. The summed E-state index contributed by atoms with van der Waals surface area (Å²) in [6, 6.07) is 17.2. The Balaban J connectivity index is 2.03. The van der Waals surface area contributed by atoms with Gasteiger partial charge in [-0.1, -0.05) is 42.5 Å². The lowest BCUT2D eigenvalue weighted by Crippen LogP contribution is -2.44. The summed E-state index contributed by atoms with van der Waals surface area (Å²) in [5, 5.41) is 3.06. The summed E-state index contributed by atoms with van der Waals surface area (Å²) in [6.45, 7) is 0.954. The number of nitrogens with two attached hydrogens (primary N) is 1. The molecule has 0 atom stereocenters. The van der Waals surface area contributed by atoms with Crippen LogP contribution in [0.4, 0.5) is 0 Å². The number of rotatable bonds is 7. The molecule has 2 amide bonds. The van der Waals surface area contributed by atoms with Crippen LogP contribution in [-0.2, 0) is 11.2 Å². The van der Waals surface area contributed by atoms with Gasteiger partial charge in [-0.3, -0.25) is 14.9 Å². The molecule has 0 saturated heterocycles. The van der Waals surface area contributed by atoms with Gasteiger partial charge < -0.3 is 10.6 Å². The van der Waals surface area contributed by atoms with Gasteiger partial charge in [0.1, 0.15) is 0 Å². The van der Waals surface area contributed by atoms with Crippen molar-refractivity contribution in [1.82, 2.24) is 10.2 Å². The highest BCUT2D eigenvalue weighted by Gasteiger charge is 2.16. The van der Waals surface area contributed by atoms with E-state index in [1.807, 2.05) is 42.5 Å². The number of halogens is 1. The minimum absolute atomic E-state index is 0.174. The van der Waals surface area contributed by atoms with Gasteiger partial charge in [0.15, 0.2) is 5.11 Å². The molecule has 2 aromatic rings. The van der Waals surface area contributed by atoms with Crippen molar-refractivity contribution in [1.29, 1.82) is 0 Å². The molecule has 0 aliphatic rings. The minimum Gasteiger partial charge on any atom is -0.370 e. The molecule has 0 aliphatic heterocycles. The van der Waals surface area contributed by atoms with Crippen molar-refractivity contribution in [2.75, 3.05) is 13.1 Å². The van der Waals surface area contributed by atoms with E-state index in [1.165, 1.54) is 0 Å². The van der Waals surface area contributed by atoms with Gasteiger partial charge in [-0.25, -0.2) is 0 Å². The average molecular weight is 481 g/mol. The number of hydrogen-bond acceptors (Lipinski definition) is 3. The molecule has 3 N–H and O–H groups in total. The Morgan fingerprint density at radius 3 is 2.35 bits per heavy atom. The summed E-state index contributed by atoms with van der Waals surface area (Å²) < 4.78 is 0.846. The molecule has 0 radical (unpaired) electrons. The number of hydrogen-bond donors (Lipinski definition) is 2.